The summed E-state index contributed by atoms with van der Waals surface area (Å²) in [6.07, 6.45) is 7.16. The summed E-state index contributed by atoms with van der Waals surface area (Å²) in [7, 11) is 0. The number of esters is 1. The fourth-order valence-corrected chi connectivity index (χ4v) is 1.81. The minimum Gasteiger partial charge on any atom is -0.452 e. The molecule has 0 aliphatic rings. The van der Waals surface area contributed by atoms with E-state index in [-0.39, 0.29) is 12.6 Å². The van der Waals surface area contributed by atoms with E-state index in [1.165, 1.54) is 4.88 Å². The van der Waals surface area contributed by atoms with E-state index >= 15 is 0 Å². The van der Waals surface area contributed by atoms with Crippen LogP contribution in [0.25, 0.3) is 0 Å². The first-order chi connectivity index (χ1) is 6.83. The predicted octanol–water partition coefficient (Wildman–Crippen LogP) is 2.25. The summed E-state index contributed by atoms with van der Waals surface area (Å²) in [5, 5.41) is 2.03. The first-order valence-electron chi connectivity index (χ1n) is 4.44. The van der Waals surface area contributed by atoms with Crippen LogP contribution in [-0.2, 0) is 16.0 Å². The van der Waals surface area contributed by atoms with Crippen LogP contribution >= 0.6 is 11.3 Å². The molecule has 1 heterocycles. The average Bonchev–Trinajstić information content (AvgIpc) is 2.67. The summed E-state index contributed by atoms with van der Waals surface area (Å²) in [6, 6.07) is 4.08. The molecular weight excluding hydrogens is 196 g/mol. The molecule has 1 rings (SSSR count). The smallest absolute Gasteiger partial charge is 0.306 e. The zero-order chi connectivity index (χ0) is 10.2. The summed E-state index contributed by atoms with van der Waals surface area (Å²) in [6.45, 7) is 0.0812. The molecule has 0 unspecified atom stereocenters. The van der Waals surface area contributed by atoms with Crippen LogP contribution in [0.3, 0.4) is 0 Å². The van der Waals surface area contributed by atoms with Crippen LogP contribution in [0.15, 0.2) is 17.5 Å². The van der Waals surface area contributed by atoms with Crippen LogP contribution in [-0.4, -0.2) is 12.6 Å². The van der Waals surface area contributed by atoms with Gasteiger partial charge in [0.2, 0.25) is 0 Å². The Hall–Kier alpha value is -1.27. The van der Waals surface area contributed by atoms with E-state index in [2.05, 4.69) is 12.0 Å². The summed E-state index contributed by atoms with van der Waals surface area (Å²) < 4.78 is 4.74. The van der Waals surface area contributed by atoms with Crippen LogP contribution < -0.4 is 0 Å². The summed E-state index contributed by atoms with van der Waals surface area (Å²) in [5.41, 5.74) is 0. The van der Waals surface area contributed by atoms with Gasteiger partial charge in [-0.1, -0.05) is 12.0 Å². The van der Waals surface area contributed by atoms with Crippen molar-refractivity contribution in [3.05, 3.63) is 22.4 Å². The number of ether oxygens (including phenoxy) is 1. The van der Waals surface area contributed by atoms with Crippen LogP contribution in [0.4, 0.5) is 0 Å². The number of rotatable bonds is 5. The highest BCUT2D eigenvalue weighted by Crippen LogP contribution is 2.11. The molecule has 0 atom stereocenters. The van der Waals surface area contributed by atoms with Gasteiger partial charge in [-0.15, -0.1) is 17.8 Å². The van der Waals surface area contributed by atoms with Gasteiger partial charge in [0.25, 0.3) is 0 Å². The van der Waals surface area contributed by atoms with E-state index in [0.29, 0.717) is 6.42 Å². The Morgan fingerprint density at radius 3 is 3.14 bits per heavy atom. The van der Waals surface area contributed by atoms with Crippen LogP contribution in [0.2, 0.25) is 0 Å². The number of hydrogen-bond donors (Lipinski definition) is 0. The molecule has 0 bridgehead atoms. The van der Waals surface area contributed by atoms with Crippen LogP contribution in [0, 0.1) is 12.3 Å². The third-order valence-corrected chi connectivity index (χ3v) is 2.64. The fraction of sp³-hybridized carbons (Fsp3) is 0.364. The minimum absolute atomic E-state index is 0.0812. The summed E-state index contributed by atoms with van der Waals surface area (Å²) in [4.78, 5) is 12.3. The fourth-order valence-electron chi connectivity index (χ4n) is 1.06. The van der Waals surface area contributed by atoms with E-state index in [4.69, 9.17) is 11.2 Å². The quantitative estimate of drug-likeness (QED) is 0.548. The second-order valence-electron chi connectivity index (χ2n) is 2.80. The lowest BCUT2D eigenvalue weighted by Gasteiger charge is -1.99. The molecule has 74 valence electrons. The van der Waals surface area contributed by atoms with Crippen molar-refractivity contribution < 1.29 is 9.53 Å². The first-order valence-corrected chi connectivity index (χ1v) is 5.32. The van der Waals surface area contributed by atoms with Crippen molar-refractivity contribution in [2.45, 2.75) is 19.3 Å². The van der Waals surface area contributed by atoms with Gasteiger partial charge in [-0.2, -0.15) is 0 Å². The number of carbonyl (C=O) groups is 1. The van der Waals surface area contributed by atoms with E-state index in [9.17, 15) is 4.79 Å². The zero-order valence-corrected chi connectivity index (χ0v) is 8.68. The predicted molar refractivity (Wildman–Crippen MR) is 57.0 cm³/mol. The van der Waals surface area contributed by atoms with Gasteiger partial charge in [-0.05, 0) is 24.3 Å². The molecule has 0 aromatic carbocycles. The number of aryl methyl sites for hydroxylation is 1. The van der Waals surface area contributed by atoms with E-state index in [1.54, 1.807) is 11.3 Å². The molecule has 0 spiro atoms. The van der Waals surface area contributed by atoms with Gasteiger partial charge < -0.3 is 4.74 Å². The molecule has 1 aromatic rings. The second-order valence-corrected chi connectivity index (χ2v) is 3.83. The molecule has 0 radical (unpaired) electrons. The molecule has 0 aliphatic heterocycles. The summed E-state index contributed by atoms with van der Waals surface area (Å²) >= 11 is 1.71. The topological polar surface area (TPSA) is 26.3 Å². The van der Waals surface area contributed by atoms with E-state index in [0.717, 1.165) is 12.8 Å². The molecular formula is C11H12O2S. The van der Waals surface area contributed by atoms with E-state index < -0.39 is 0 Å². The van der Waals surface area contributed by atoms with Crippen molar-refractivity contribution in [2.24, 2.45) is 0 Å². The highest BCUT2D eigenvalue weighted by Gasteiger charge is 2.02. The van der Waals surface area contributed by atoms with Crippen LogP contribution in [0.5, 0.6) is 0 Å². The monoisotopic (exact) mass is 208 g/mol. The van der Waals surface area contributed by atoms with Gasteiger partial charge in [0.15, 0.2) is 6.61 Å². The van der Waals surface area contributed by atoms with Gasteiger partial charge >= 0.3 is 5.97 Å². The molecule has 0 amide bonds. The average molecular weight is 208 g/mol. The Labute approximate surface area is 87.9 Å². The number of hydrogen-bond acceptors (Lipinski definition) is 3. The third kappa shape index (κ3) is 4.11. The Balaban J connectivity index is 2.10. The van der Waals surface area contributed by atoms with Crippen molar-refractivity contribution >= 4 is 17.3 Å². The maximum absolute atomic E-state index is 11.0. The molecule has 0 aliphatic carbocycles. The molecule has 0 saturated heterocycles. The maximum Gasteiger partial charge on any atom is 0.306 e. The first kappa shape index (κ1) is 10.8. The van der Waals surface area contributed by atoms with E-state index in [1.807, 2.05) is 11.4 Å². The van der Waals surface area contributed by atoms with Gasteiger partial charge in [0.05, 0.1) is 0 Å². The molecule has 0 N–H and O–H groups in total. The lowest BCUT2D eigenvalue weighted by molar-refractivity contribution is -0.142. The largest absolute Gasteiger partial charge is 0.452 e. The third-order valence-electron chi connectivity index (χ3n) is 1.70. The van der Waals surface area contributed by atoms with Gasteiger partial charge in [0, 0.05) is 11.3 Å². The number of terminal acetylenes is 1. The highest BCUT2D eigenvalue weighted by molar-refractivity contribution is 7.09. The number of thiophene rings is 1. The molecule has 0 fully saturated rings. The SMILES string of the molecule is C#CCOC(=O)CCCc1cccs1. The number of carbonyl (C=O) groups excluding carboxylic acids is 1. The van der Waals surface area contributed by atoms with Crippen molar-refractivity contribution in [3.8, 4) is 12.3 Å². The second kappa shape index (κ2) is 6.22. The Morgan fingerprint density at radius 2 is 2.50 bits per heavy atom. The molecule has 0 saturated carbocycles. The van der Waals surface area contributed by atoms with Crippen molar-refractivity contribution in [2.75, 3.05) is 6.61 Å². The van der Waals surface area contributed by atoms with Gasteiger partial charge in [-0.25, -0.2) is 0 Å². The summed E-state index contributed by atoms with van der Waals surface area (Å²) in [5.74, 6) is 2.05. The van der Waals surface area contributed by atoms with Gasteiger partial charge in [0.1, 0.15) is 0 Å². The molecule has 1 aromatic heterocycles. The highest BCUT2D eigenvalue weighted by atomic mass is 32.1. The lowest BCUT2D eigenvalue weighted by Crippen LogP contribution is -2.04. The van der Waals surface area contributed by atoms with Crippen molar-refractivity contribution in [1.82, 2.24) is 0 Å². The molecule has 3 heteroatoms. The lowest BCUT2D eigenvalue weighted by atomic mass is 10.2. The minimum atomic E-state index is -0.209. The molecule has 2 nitrogen and oxygen atoms in total. The van der Waals surface area contributed by atoms with Crippen molar-refractivity contribution in [1.29, 1.82) is 0 Å². The maximum atomic E-state index is 11.0. The Bertz CT molecular complexity index is 309. The van der Waals surface area contributed by atoms with Gasteiger partial charge in [-0.3, -0.25) is 4.79 Å². The normalized spacial score (nSPS) is 9.36. The standard InChI is InChI=1S/C11H12O2S/c1-2-8-13-11(12)7-3-5-10-6-4-9-14-10/h1,4,6,9H,3,5,7-8H2. The Morgan fingerprint density at radius 1 is 1.64 bits per heavy atom. The van der Waals surface area contributed by atoms with Crippen molar-refractivity contribution in [3.63, 3.8) is 0 Å². The van der Waals surface area contributed by atoms with Crippen LogP contribution in [0.1, 0.15) is 17.7 Å². The Kier molecular flexibility index (Phi) is 4.81. The molecule has 14 heavy (non-hydrogen) atoms. The zero-order valence-electron chi connectivity index (χ0n) is 7.86.